The number of hydrogen-bond donors (Lipinski definition) is 2. The monoisotopic (exact) mass is 376 g/mol. The zero-order valence-electron chi connectivity index (χ0n) is 16.5. The molecule has 3 N–H and O–H groups in total. The lowest BCUT2D eigenvalue weighted by Gasteiger charge is -2.43. The molecule has 0 saturated carbocycles. The number of oxime groups is 1. The molecule has 8 nitrogen and oxygen atoms in total. The molecule has 0 fully saturated rings. The van der Waals surface area contributed by atoms with E-state index in [9.17, 15) is 9.59 Å². The number of carbonyl (C=O) groups excluding carboxylic acids is 2. The number of nitrogens with two attached hydrogens (primary N) is 1. The molecule has 1 amide bonds. The van der Waals surface area contributed by atoms with E-state index in [-0.39, 0.29) is 24.5 Å². The predicted molar refractivity (Wildman–Crippen MR) is 102 cm³/mol. The van der Waals surface area contributed by atoms with Gasteiger partial charge in [0, 0.05) is 17.1 Å². The third kappa shape index (κ3) is 4.05. The highest BCUT2D eigenvalue weighted by Gasteiger charge is 2.45. The molecule has 0 bridgehead atoms. The summed E-state index contributed by atoms with van der Waals surface area (Å²) in [6.07, 6.45) is 0.641. The molecular weight excluding hydrogens is 348 g/mol. The SMILES string of the molecule is CN(C)[C@H]1Cc2c(C(N)=NO)cccc2C1N(C(=O)OCC=O)C(C)(C)C. The van der Waals surface area contributed by atoms with Crippen LogP contribution in [-0.2, 0) is 16.0 Å². The van der Waals surface area contributed by atoms with E-state index in [2.05, 4.69) is 5.16 Å². The van der Waals surface area contributed by atoms with Gasteiger partial charge in [0.25, 0.3) is 0 Å². The van der Waals surface area contributed by atoms with Gasteiger partial charge in [-0.2, -0.15) is 0 Å². The van der Waals surface area contributed by atoms with Crippen LogP contribution in [0.4, 0.5) is 4.79 Å². The zero-order valence-corrected chi connectivity index (χ0v) is 16.5. The maximum Gasteiger partial charge on any atom is 0.411 e. The first kappa shape index (κ1) is 20.7. The number of amidine groups is 1. The standard InChI is InChI=1S/C19H28N4O4/c1-19(2,3)23(18(25)27-10-9-24)16-12-7-6-8-13(17(20)21-26)14(12)11-15(16)22(4)5/h6-9,15-16,26H,10-11H2,1-5H3,(H2,20,21)/t15-,16?/m0/s1. The van der Waals surface area contributed by atoms with E-state index in [1.807, 2.05) is 51.9 Å². The first-order valence-electron chi connectivity index (χ1n) is 8.79. The molecule has 0 aromatic heterocycles. The lowest BCUT2D eigenvalue weighted by atomic mass is 9.96. The summed E-state index contributed by atoms with van der Waals surface area (Å²) in [4.78, 5) is 27.2. The lowest BCUT2D eigenvalue weighted by molar-refractivity contribution is -0.111. The highest BCUT2D eigenvalue weighted by Crippen LogP contribution is 2.42. The fourth-order valence-corrected chi connectivity index (χ4v) is 3.69. The van der Waals surface area contributed by atoms with Crippen LogP contribution in [0.15, 0.2) is 23.4 Å². The smallest absolute Gasteiger partial charge is 0.411 e. The Kier molecular flexibility index (Phi) is 6.10. The van der Waals surface area contributed by atoms with Crippen LogP contribution in [-0.4, -0.2) is 65.5 Å². The minimum absolute atomic E-state index is 0.0318. The van der Waals surface area contributed by atoms with Gasteiger partial charge in [-0.3, -0.25) is 9.69 Å². The summed E-state index contributed by atoms with van der Waals surface area (Å²) in [6, 6.07) is 5.24. The number of ether oxygens (including phenoxy) is 1. The van der Waals surface area contributed by atoms with Crippen LogP contribution in [0.1, 0.15) is 43.5 Å². The van der Waals surface area contributed by atoms with Crippen molar-refractivity contribution in [2.24, 2.45) is 10.9 Å². The van der Waals surface area contributed by atoms with Gasteiger partial charge in [0.1, 0.15) is 6.61 Å². The number of likely N-dealkylation sites (N-methyl/N-ethyl adjacent to an activating group) is 1. The number of benzene rings is 1. The second-order valence-electron chi connectivity index (χ2n) is 7.82. The summed E-state index contributed by atoms with van der Waals surface area (Å²) in [6.45, 7) is 5.48. The van der Waals surface area contributed by atoms with Crippen molar-refractivity contribution in [2.75, 3.05) is 20.7 Å². The lowest BCUT2D eigenvalue weighted by Crippen LogP contribution is -2.52. The molecule has 0 saturated heterocycles. The first-order chi connectivity index (χ1) is 12.6. The number of amides is 1. The van der Waals surface area contributed by atoms with Gasteiger partial charge in [0.05, 0.1) is 6.04 Å². The molecule has 1 aliphatic rings. The molecule has 0 aliphatic heterocycles. The Hall–Kier alpha value is -2.61. The van der Waals surface area contributed by atoms with E-state index in [1.54, 1.807) is 11.0 Å². The first-order valence-corrected chi connectivity index (χ1v) is 8.79. The minimum atomic E-state index is -0.548. The van der Waals surface area contributed by atoms with E-state index < -0.39 is 11.6 Å². The molecule has 1 aromatic carbocycles. The van der Waals surface area contributed by atoms with E-state index in [1.165, 1.54) is 0 Å². The molecule has 0 radical (unpaired) electrons. The van der Waals surface area contributed by atoms with Gasteiger partial charge >= 0.3 is 6.09 Å². The number of carbonyl (C=O) groups is 2. The molecule has 1 unspecified atom stereocenters. The van der Waals surface area contributed by atoms with Crippen LogP contribution in [0.25, 0.3) is 0 Å². The van der Waals surface area contributed by atoms with E-state index >= 15 is 0 Å². The summed E-state index contributed by atoms with van der Waals surface area (Å²) in [5.74, 6) is 0.0378. The summed E-state index contributed by atoms with van der Waals surface area (Å²) < 4.78 is 5.15. The fourth-order valence-electron chi connectivity index (χ4n) is 3.69. The highest BCUT2D eigenvalue weighted by molar-refractivity contribution is 5.99. The molecule has 27 heavy (non-hydrogen) atoms. The van der Waals surface area contributed by atoms with Crippen LogP contribution in [0.5, 0.6) is 0 Å². The number of nitrogens with zero attached hydrogens (tertiary/aromatic N) is 3. The van der Waals surface area contributed by atoms with Crippen LogP contribution >= 0.6 is 0 Å². The molecule has 2 atom stereocenters. The molecular formula is C19H28N4O4. The third-order valence-corrected chi connectivity index (χ3v) is 4.83. The van der Waals surface area contributed by atoms with Gasteiger partial charge in [-0.15, -0.1) is 0 Å². The van der Waals surface area contributed by atoms with Crippen LogP contribution in [0, 0.1) is 0 Å². The molecule has 1 aromatic rings. The molecule has 1 aliphatic carbocycles. The van der Waals surface area contributed by atoms with Crippen molar-refractivity contribution in [1.29, 1.82) is 0 Å². The summed E-state index contributed by atoms with van der Waals surface area (Å²) in [7, 11) is 3.90. The third-order valence-electron chi connectivity index (χ3n) is 4.83. The molecule has 0 heterocycles. The van der Waals surface area contributed by atoms with Gasteiger partial charge in [-0.25, -0.2) is 4.79 Å². The van der Waals surface area contributed by atoms with E-state index in [4.69, 9.17) is 15.7 Å². The Morgan fingerprint density at radius 3 is 2.59 bits per heavy atom. The highest BCUT2D eigenvalue weighted by atomic mass is 16.6. The van der Waals surface area contributed by atoms with Crippen molar-refractivity contribution in [3.63, 3.8) is 0 Å². The molecule has 0 spiro atoms. The maximum absolute atomic E-state index is 12.8. The van der Waals surface area contributed by atoms with E-state index in [0.29, 0.717) is 18.3 Å². The van der Waals surface area contributed by atoms with Gasteiger partial charge in [0.2, 0.25) is 0 Å². The predicted octanol–water partition coefficient (Wildman–Crippen LogP) is 1.74. The number of rotatable bonds is 5. The second kappa shape index (κ2) is 7.96. The van der Waals surface area contributed by atoms with E-state index in [0.717, 1.165) is 11.1 Å². The van der Waals surface area contributed by atoms with Gasteiger partial charge in [-0.05, 0) is 52.4 Å². The molecule has 2 rings (SSSR count). The second-order valence-corrected chi connectivity index (χ2v) is 7.82. The van der Waals surface area contributed by atoms with Crippen molar-refractivity contribution in [3.8, 4) is 0 Å². The average molecular weight is 376 g/mol. The Balaban J connectivity index is 2.61. The van der Waals surface area contributed by atoms with Crippen molar-refractivity contribution in [2.45, 2.75) is 44.8 Å². The number of hydrogen-bond acceptors (Lipinski definition) is 6. The minimum Gasteiger partial charge on any atom is -0.442 e. The summed E-state index contributed by atoms with van der Waals surface area (Å²) >= 11 is 0. The Bertz CT molecular complexity index is 740. The van der Waals surface area contributed by atoms with Gasteiger partial charge in [-0.1, -0.05) is 23.4 Å². The largest absolute Gasteiger partial charge is 0.442 e. The zero-order chi connectivity index (χ0) is 20.4. The molecule has 8 heteroatoms. The van der Waals surface area contributed by atoms with Crippen LogP contribution in [0.2, 0.25) is 0 Å². The van der Waals surface area contributed by atoms with Crippen LogP contribution in [0.3, 0.4) is 0 Å². The Morgan fingerprint density at radius 1 is 1.41 bits per heavy atom. The van der Waals surface area contributed by atoms with Crippen molar-refractivity contribution in [1.82, 2.24) is 9.80 Å². The fraction of sp³-hybridized carbons (Fsp3) is 0.526. The van der Waals surface area contributed by atoms with Crippen molar-refractivity contribution < 1.29 is 19.5 Å². The number of aldehydes is 1. The summed E-state index contributed by atoms with van der Waals surface area (Å²) in [5.41, 5.74) is 7.83. The quantitative estimate of drug-likeness (QED) is 0.266. The van der Waals surface area contributed by atoms with Crippen molar-refractivity contribution in [3.05, 3.63) is 34.9 Å². The summed E-state index contributed by atoms with van der Waals surface area (Å²) in [5, 5.41) is 12.3. The Labute approximate surface area is 159 Å². The van der Waals surface area contributed by atoms with Crippen molar-refractivity contribution >= 4 is 18.2 Å². The normalized spacial score (nSPS) is 19.7. The molecule has 148 valence electrons. The number of fused-ring (bicyclic) bond motifs is 1. The van der Waals surface area contributed by atoms with Gasteiger partial charge in [0.15, 0.2) is 12.1 Å². The average Bonchev–Trinajstić information content (AvgIpc) is 2.97. The topological polar surface area (TPSA) is 108 Å². The maximum atomic E-state index is 12.8. The van der Waals surface area contributed by atoms with Gasteiger partial charge < -0.3 is 20.6 Å². The Morgan fingerprint density at radius 2 is 2.07 bits per heavy atom. The van der Waals surface area contributed by atoms with Crippen LogP contribution < -0.4 is 5.73 Å².